The Morgan fingerprint density at radius 3 is 2.82 bits per heavy atom. The molecule has 3 aromatic rings. The van der Waals surface area contributed by atoms with Crippen LogP contribution in [0.4, 0.5) is 6.01 Å². The summed E-state index contributed by atoms with van der Waals surface area (Å²) in [7, 11) is 0. The van der Waals surface area contributed by atoms with Gasteiger partial charge in [0.2, 0.25) is 0 Å². The highest BCUT2D eigenvalue weighted by atomic mass is 32.2. The van der Waals surface area contributed by atoms with Crippen LogP contribution in [0.15, 0.2) is 39.5 Å². The number of hydrogen-bond acceptors (Lipinski definition) is 7. The van der Waals surface area contributed by atoms with E-state index in [9.17, 15) is 4.79 Å². The molecule has 0 unspecified atom stereocenters. The van der Waals surface area contributed by atoms with Crippen molar-refractivity contribution in [3.05, 3.63) is 51.9 Å². The molecule has 5 rings (SSSR count). The number of hydrogen-bond donors (Lipinski definition) is 0. The third kappa shape index (κ3) is 3.54. The van der Waals surface area contributed by atoms with Gasteiger partial charge in [-0.05, 0) is 23.4 Å². The molecular weight excluding hydrogens is 374 g/mol. The summed E-state index contributed by atoms with van der Waals surface area (Å²) in [6, 6.07) is 10.3. The maximum atomic E-state index is 12.3. The fourth-order valence-corrected chi connectivity index (χ4v) is 4.76. The Kier molecular flexibility index (Phi) is 4.82. The molecule has 2 aromatic heterocycles. The molecule has 0 amide bonds. The molecule has 4 heterocycles. The summed E-state index contributed by atoms with van der Waals surface area (Å²) in [5.41, 5.74) is 3.96. The Morgan fingerprint density at radius 1 is 1.11 bits per heavy atom. The average Bonchev–Trinajstić information content (AvgIpc) is 3.17. The highest BCUT2D eigenvalue weighted by Crippen LogP contribution is 2.23. The first-order valence-corrected chi connectivity index (χ1v) is 10.9. The number of rotatable bonds is 4. The number of piperazine rings is 1. The zero-order chi connectivity index (χ0) is 18.9. The van der Waals surface area contributed by atoms with E-state index >= 15 is 0 Å². The van der Waals surface area contributed by atoms with Gasteiger partial charge in [-0.3, -0.25) is 9.69 Å². The van der Waals surface area contributed by atoms with Crippen LogP contribution in [0.1, 0.15) is 11.3 Å². The highest BCUT2D eigenvalue weighted by Gasteiger charge is 2.21. The van der Waals surface area contributed by atoms with Crippen molar-refractivity contribution >= 4 is 28.9 Å². The van der Waals surface area contributed by atoms with E-state index in [-0.39, 0.29) is 5.56 Å². The lowest BCUT2D eigenvalue weighted by atomic mass is 10.2. The third-order valence-electron chi connectivity index (χ3n) is 5.46. The van der Waals surface area contributed by atoms with Crippen molar-refractivity contribution in [3.8, 4) is 0 Å². The van der Waals surface area contributed by atoms with E-state index in [2.05, 4.69) is 19.9 Å². The summed E-state index contributed by atoms with van der Waals surface area (Å²) in [4.78, 5) is 21.5. The summed E-state index contributed by atoms with van der Waals surface area (Å²) >= 11 is 1.87. The molecule has 7 nitrogen and oxygen atoms in total. The molecule has 2 aliphatic heterocycles. The summed E-state index contributed by atoms with van der Waals surface area (Å²) in [5.74, 6) is 2.01. The van der Waals surface area contributed by atoms with Gasteiger partial charge in [0.25, 0.3) is 11.6 Å². The lowest BCUT2D eigenvalue weighted by molar-refractivity contribution is 0.238. The van der Waals surface area contributed by atoms with Crippen molar-refractivity contribution in [2.24, 2.45) is 0 Å². The zero-order valence-corrected chi connectivity index (χ0v) is 16.5. The molecule has 1 saturated heterocycles. The average molecular weight is 398 g/mol. The second-order valence-corrected chi connectivity index (χ2v) is 8.38. The van der Waals surface area contributed by atoms with Crippen molar-refractivity contribution in [2.45, 2.75) is 18.7 Å². The Labute approximate surface area is 167 Å². The number of aryl methyl sites for hydroxylation is 1. The summed E-state index contributed by atoms with van der Waals surface area (Å²) in [5, 5.41) is 4.61. The lowest BCUT2D eigenvalue weighted by Crippen LogP contribution is -2.47. The van der Waals surface area contributed by atoms with Crippen molar-refractivity contribution in [3.63, 3.8) is 0 Å². The topological polar surface area (TPSA) is 67.4 Å². The molecule has 2 aliphatic rings. The van der Waals surface area contributed by atoms with Crippen LogP contribution >= 0.6 is 11.8 Å². The quantitative estimate of drug-likeness (QED) is 0.667. The largest absolute Gasteiger partial charge is 0.423 e. The predicted octanol–water partition coefficient (Wildman–Crippen LogP) is 2.00. The molecule has 0 saturated carbocycles. The van der Waals surface area contributed by atoms with Gasteiger partial charge < -0.3 is 9.32 Å². The van der Waals surface area contributed by atoms with E-state index in [1.165, 1.54) is 0 Å². The van der Waals surface area contributed by atoms with E-state index < -0.39 is 0 Å². The number of nitrogens with zero attached hydrogens (tertiary/aromatic N) is 5. The van der Waals surface area contributed by atoms with E-state index in [0.29, 0.717) is 12.6 Å². The summed E-state index contributed by atoms with van der Waals surface area (Å²) < 4.78 is 7.52. The van der Waals surface area contributed by atoms with Gasteiger partial charge in [-0.1, -0.05) is 12.1 Å². The first-order valence-electron chi connectivity index (χ1n) is 9.77. The minimum atomic E-state index is 0.0198. The smallest absolute Gasteiger partial charge is 0.298 e. The maximum absolute atomic E-state index is 12.3. The molecular formula is C20H23N5O2S. The second-order valence-electron chi connectivity index (χ2n) is 7.27. The van der Waals surface area contributed by atoms with Crippen LogP contribution in [0.2, 0.25) is 0 Å². The molecule has 0 atom stereocenters. The van der Waals surface area contributed by atoms with Crippen LogP contribution in [0.25, 0.3) is 11.1 Å². The lowest BCUT2D eigenvalue weighted by Gasteiger charge is -2.33. The van der Waals surface area contributed by atoms with Crippen molar-refractivity contribution in [2.75, 3.05) is 43.4 Å². The van der Waals surface area contributed by atoms with E-state index in [1.807, 2.05) is 36.0 Å². The SMILES string of the molecule is O=c1cc2c(nn1CCN1CCN(c3nc4ccccc4o3)CC1)CCSC2. The number of thioether (sulfide) groups is 1. The maximum Gasteiger partial charge on any atom is 0.298 e. The number of fused-ring (bicyclic) bond motifs is 2. The summed E-state index contributed by atoms with van der Waals surface area (Å²) in [6.45, 7) is 5.07. The molecule has 0 bridgehead atoms. The number of anilines is 1. The molecule has 0 N–H and O–H groups in total. The fourth-order valence-electron chi connectivity index (χ4n) is 3.81. The first kappa shape index (κ1) is 17.8. The Morgan fingerprint density at radius 2 is 1.96 bits per heavy atom. The molecule has 0 radical (unpaired) electrons. The van der Waals surface area contributed by atoms with Gasteiger partial charge in [-0.2, -0.15) is 21.8 Å². The van der Waals surface area contributed by atoms with E-state index in [1.54, 1.807) is 10.7 Å². The Balaban J connectivity index is 1.19. The second kappa shape index (κ2) is 7.60. The van der Waals surface area contributed by atoms with Crippen LogP contribution in [0.5, 0.6) is 0 Å². The van der Waals surface area contributed by atoms with Crippen LogP contribution < -0.4 is 10.5 Å². The fraction of sp³-hybridized carbons (Fsp3) is 0.450. The van der Waals surface area contributed by atoms with Gasteiger partial charge in [-0.25, -0.2) is 4.68 Å². The van der Waals surface area contributed by atoms with Crippen LogP contribution in [-0.4, -0.2) is 58.1 Å². The number of oxazole rings is 1. The normalized spacial score (nSPS) is 17.8. The number of benzene rings is 1. The van der Waals surface area contributed by atoms with E-state index in [4.69, 9.17) is 4.42 Å². The molecule has 1 aromatic carbocycles. The van der Waals surface area contributed by atoms with Gasteiger partial charge in [-0.15, -0.1) is 0 Å². The minimum absolute atomic E-state index is 0.0198. The van der Waals surface area contributed by atoms with E-state index in [0.717, 1.165) is 73.0 Å². The van der Waals surface area contributed by atoms with Crippen LogP contribution in [0.3, 0.4) is 0 Å². The molecule has 28 heavy (non-hydrogen) atoms. The van der Waals surface area contributed by atoms with Crippen molar-refractivity contribution in [1.29, 1.82) is 0 Å². The van der Waals surface area contributed by atoms with Gasteiger partial charge in [0.05, 0.1) is 12.2 Å². The highest BCUT2D eigenvalue weighted by molar-refractivity contribution is 7.98. The Hall–Kier alpha value is -2.32. The van der Waals surface area contributed by atoms with Crippen molar-refractivity contribution < 1.29 is 4.42 Å². The monoisotopic (exact) mass is 397 g/mol. The zero-order valence-electron chi connectivity index (χ0n) is 15.7. The van der Waals surface area contributed by atoms with Gasteiger partial charge >= 0.3 is 0 Å². The molecule has 0 aliphatic carbocycles. The molecule has 1 fully saturated rings. The number of para-hydroxylation sites is 2. The number of aromatic nitrogens is 3. The first-order chi connectivity index (χ1) is 13.8. The van der Waals surface area contributed by atoms with Crippen molar-refractivity contribution in [1.82, 2.24) is 19.7 Å². The molecule has 0 spiro atoms. The van der Waals surface area contributed by atoms with Gasteiger partial charge in [0.1, 0.15) is 5.52 Å². The van der Waals surface area contributed by atoms with Crippen LogP contribution in [-0.2, 0) is 18.7 Å². The minimum Gasteiger partial charge on any atom is -0.423 e. The summed E-state index contributed by atoms with van der Waals surface area (Å²) in [6.07, 6.45) is 0.962. The van der Waals surface area contributed by atoms with Gasteiger partial charge in [0.15, 0.2) is 5.58 Å². The predicted molar refractivity (Wildman–Crippen MR) is 111 cm³/mol. The Bertz CT molecular complexity index is 1010. The third-order valence-corrected chi connectivity index (χ3v) is 6.47. The molecule has 146 valence electrons. The standard InChI is InChI=1S/C20H23N5O2S/c26-19-13-15-14-28-12-5-16(15)22-25(19)11-8-23-6-9-24(10-7-23)20-21-17-3-1-2-4-18(17)27-20/h1-4,13H,5-12,14H2. The molecule has 8 heteroatoms. The van der Waals surface area contributed by atoms with Gasteiger partial charge in [0, 0.05) is 51.0 Å². The van der Waals surface area contributed by atoms with Crippen LogP contribution in [0, 0.1) is 0 Å².